The van der Waals surface area contributed by atoms with Gasteiger partial charge >= 0.3 is 0 Å². The van der Waals surface area contributed by atoms with Gasteiger partial charge in [-0.05, 0) is 171 Å². The molecule has 0 bridgehead atoms. The molecule has 70 heavy (non-hydrogen) atoms. The van der Waals surface area contributed by atoms with Crippen LogP contribution in [-0.2, 0) is 0 Å². The van der Waals surface area contributed by atoms with Crippen LogP contribution < -0.4 is 0 Å². The van der Waals surface area contributed by atoms with Crippen molar-refractivity contribution < 1.29 is 26.3 Å². The second-order valence-electron chi connectivity index (χ2n) is 27.1. The van der Waals surface area contributed by atoms with E-state index >= 15 is 8.78 Å². The van der Waals surface area contributed by atoms with Gasteiger partial charge in [0.1, 0.15) is 34.0 Å². The highest BCUT2D eigenvalue weighted by atomic mass is 19.2. The van der Waals surface area contributed by atoms with Gasteiger partial charge in [-0.1, -0.05) is 196 Å². The van der Waals surface area contributed by atoms with Crippen LogP contribution in [0.25, 0.3) is 0 Å². The van der Waals surface area contributed by atoms with E-state index in [0.29, 0.717) is 29.1 Å². The maximum atomic E-state index is 15.4. The Morgan fingerprint density at radius 2 is 0.586 bits per heavy atom. The summed E-state index contributed by atoms with van der Waals surface area (Å²) in [6.45, 7) is 53.2. The van der Waals surface area contributed by atoms with Gasteiger partial charge in [0, 0.05) is 10.8 Å². The summed E-state index contributed by atoms with van der Waals surface area (Å²) in [6.07, 6.45) is 19.8. The number of alkyl halides is 6. The second-order valence-corrected chi connectivity index (χ2v) is 27.1. The minimum absolute atomic E-state index is 0.136. The summed E-state index contributed by atoms with van der Waals surface area (Å²) >= 11 is 0. The first kappa shape index (κ1) is 73.8. The maximum absolute atomic E-state index is 15.4. The van der Waals surface area contributed by atoms with Crippen molar-refractivity contribution in [2.75, 3.05) is 0 Å². The lowest BCUT2D eigenvalue weighted by molar-refractivity contribution is -0.0946. The lowest BCUT2D eigenvalue weighted by atomic mass is 9.57. The molecule has 0 aromatic heterocycles. The molecule has 6 heteroatoms. The molecule has 3 fully saturated rings. The molecule has 0 aliphatic heterocycles. The largest absolute Gasteiger partial charge is 0.244 e. The van der Waals surface area contributed by atoms with Gasteiger partial charge in [0.2, 0.25) is 0 Å². The first-order valence-electron chi connectivity index (χ1n) is 29.8. The van der Waals surface area contributed by atoms with E-state index in [1.807, 2.05) is 13.8 Å². The van der Waals surface area contributed by atoms with Crippen LogP contribution in [0.4, 0.5) is 26.3 Å². The van der Waals surface area contributed by atoms with E-state index in [1.165, 1.54) is 6.42 Å². The van der Waals surface area contributed by atoms with Gasteiger partial charge < -0.3 is 0 Å². The second kappa shape index (κ2) is 32.2. The molecule has 0 radical (unpaired) electrons. The lowest BCUT2D eigenvalue weighted by Gasteiger charge is -2.51. The number of hydrogen-bond acceptors (Lipinski definition) is 0. The SMILES string of the molecule is CC(C)C(C(C)C)C(C)(F)C(C(C)C)C(C)C.CC1(C)CCC(C)(F)CC1.CC1(F)CCCC1.CC1(F)CCCCC1.CCC(C)(CC)C(C)(F)C(C)(CC)CC.CCC(CC)C(C)(F)C(CC)CC. The summed E-state index contributed by atoms with van der Waals surface area (Å²) in [5.41, 5.74) is -5.63. The molecule has 0 N–H and O–H groups in total. The molecule has 3 rings (SSSR count). The first-order chi connectivity index (χ1) is 31.6. The average molecular weight is 1010 g/mol. The summed E-state index contributed by atoms with van der Waals surface area (Å²) in [4.78, 5) is 0. The fraction of sp³-hybridized carbons (Fsp3) is 1.00. The van der Waals surface area contributed by atoms with Crippen LogP contribution in [0, 0.1) is 63.6 Å². The average Bonchev–Trinajstić information content (AvgIpc) is 3.65. The highest BCUT2D eigenvalue weighted by Crippen LogP contribution is 2.54. The van der Waals surface area contributed by atoms with Crippen molar-refractivity contribution in [3.05, 3.63) is 0 Å². The zero-order chi connectivity index (χ0) is 56.0. The third-order valence-electron chi connectivity index (χ3n) is 19.3. The third-order valence-corrected chi connectivity index (χ3v) is 19.3. The summed E-state index contributed by atoms with van der Waals surface area (Å²) in [7, 11) is 0. The van der Waals surface area contributed by atoms with Crippen molar-refractivity contribution in [1.29, 1.82) is 0 Å². The Morgan fingerprint density at radius 3 is 0.757 bits per heavy atom. The fourth-order valence-corrected chi connectivity index (χ4v) is 13.3. The molecule has 3 aliphatic carbocycles. The summed E-state index contributed by atoms with van der Waals surface area (Å²) in [6, 6.07) is 0. The topological polar surface area (TPSA) is 0 Å². The number of rotatable bonds is 18. The Morgan fingerprint density at radius 1 is 0.357 bits per heavy atom. The Kier molecular flexibility index (Phi) is 34.0. The summed E-state index contributed by atoms with van der Waals surface area (Å²) in [5, 5.41) is 0. The molecule has 0 saturated heterocycles. The predicted molar refractivity (Wildman–Crippen MR) is 303 cm³/mol. The smallest absolute Gasteiger partial charge is 0.118 e. The number of halogens is 6. The van der Waals surface area contributed by atoms with Crippen molar-refractivity contribution in [3.8, 4) is 0 Å². The van der Waals surface area contributed by atoms with Crippen molar-refractivity contribution in [1.82, 2.24) is 0 Å². The fourth-order valence-electron chi connectivity index (χ4n) is 13.3. The molecule has 0 aromatic rings. The van der Waals surface area contributed by atoms with Crippen LogP contribution >= 0.6 is 0 Å². The first-order valence-corrected chi connectivity index (χ1v) is 29.8. The van der Waals surface area contributed by atoms with Crippen LogP contribution in [0.2, 0.25) is 0 Å². The minimum Gasteiger partial charge on any atom is -0.244 e. The predicted octanol–water partition coefficient (Wildman–Crippen LogP) is 23.8. The third kappa shape index (κ3) is 24.5. The Bertz CT molecular complexity index is 1170. The molecule has 3 saturated carbocycles. The van der Waals surface area contributed by atoms with Gasteiger partial charge in [-0.15, -0.1) is 0 Å². The molecule has 3 aliphatic rings. The van der Waals surface area contributed by atoms with Crippen LogP contribution in [0.3, 0.4) is 0 Å². The standard InChI is InChI=1S/C16H33F.C14H29F.C12H25F.C9H17F.C7H13F.C6H11F/c1-10(2)14(11(3)4)16(9,17)15(12(5)6)13(7)8;1-8-12(5,9-2)14(7,15)13(6,10-3)11-4;1-6-10(7-2)12(5,13)11(8-3)9-4;1-8(2)4-6-9(3,10)7-5-8;1-7(8)5-3-2-4-6-7;1-6(7)4-2-3-5-6/h10-15H,1-9H3;8-11H2,1-7H3;10-11H,6-9H2,1-5H3;4-7H2,1-3H3;2-6H2,1H3;2-5H2,1H3. The van der Waals surface area contributed by atoms with Gasteiger partial charge in [-0.25, -0.2) is 26.3 Å². The molecule has 0 aromatic carbocycles. The summed E-state index contributed by atoms with van der Waals surface area (Å²) in [5.74, 6) is 2.31. The molecule has 0 spiro atoms. The van der Waals surface area contributed by atoms with E-state index < -0.39 is 34.0 Å². The Hall–Kier alpha value is -0.420. The van der Waals surface area contributed by atoms with E-state index in [-0.39, 0.29) is 34.5 Å². The van der Waals surface area contributed by atoms with Crippen molar-refractivity contribution >= 4 is 0 Å². The highest BCUT2D eigenvalue weighted by molar-refractivity contribution is 5.02. The van der Waals surface area contributed by atoms with Crippen LogP contribution in [0.1, 0.15) is 315 Å². The van der Waals surface area contributed by atoms with Crippen molar-refractivity contribution in [2.24, 2.45) is 63.6 Å². The normalized spacial score (nSPS) is 19.2. The molecule has 0 nitrogen and oxygen atoms in total. The van der Waals surface area contributed by atoms with Gasteiger partial charge in [0.25, 0.3) is 0 Å². The van der Waals surface area contributed by atoms with E-state index in [9.17, 15) is 17.6 Å². The van der Waals surface area contributed by atoms with Gasteiger partial charge in [-0.2, -0.15) is 0 Å². The monoisotopic (exact) mass is 1010 g/mol. The van der Waals surface area contributed by atoms with Crippen molar-refractivity contribution in [3.63, 3.8) is 0 Å². The zero-order valence-electron chi connectivity index (χ0n) is 52.2. The minimum atomic E-state index is -1.09. The Balaban J connectivity index is -0.000000786. The lowest BCUT2D eigenvalue weighted by Crippen LogP contribution is -2.51. The molecule has 0 unspecified atom stereocenters. The van der Waals surface area contributed by atoms with Crippen LogP contribution in [0.5, 0.6) is 0 Å². The Labute approximate surface area is 437 Å². The molecule has 0 heterocycles. The number of hydrogen-bond donors (Lipinski definition) is 0. The van der Waals surface area contributed by atoms with E-state index in [4.69, 9.17) is 0 Å². The van der Waals surface area contributed by atoms with Crippen molar-refractivity contribution in [2.45, 2.75) is 349 Å². The molecular weight excluding hydrogens is 883 g/mol. The summed E-state index contributed by atoms with van der Waals surface area (Å²) < 4.78 is 83.7. The highest BCUT2D eigenvalue weighted by Gasteiger charge is 2.53. The van der Waals surface area contributed by atoms with E-state index in [1.54, 1.807) is 27.7 Å². The zero-order valence-corrected chi connectivity index (χ0v) is 52.2. The molecule has 0 amide bonds. The van der Waals surface area contributed by atoms with E-state index in [2.05, 4.69) is 138 Å². The van der Waals surface area contributed by atoms with Crippen LogP contribution in [0.15, 0.2) is 0 Å². The van der Waals surface area contributed by atoms with Gasteiger partial charge in [-0.3, -0.25) is 0 Å². The maximum Gasteiger partial charge on any atom is 0.118 e. The van der Waals surface area contributed by atoms with Crippen LogP contribution in [-0.4, -0.2) is 34.0 Å². The van der Waals surface area contributed by atoms with E-state index in [0.717, 1.165) is 128 Å². The van der Waals surface area contributed by atoms with Gasteiger partial charge in [0.15, 0.2) is 0 Å². The molecule has 0 atom stereocenters. The van der Waals surface area contributed by atoms with Gasteiger partial charge in [0.05, 0.1) is 0 Å². The quantitative estimate of drug-likeness (QED) is 0.120. The molecule has 426 valence electrons. The molecular formula is C64H128F6.